The Labute approximate surface area is 156 Å². The second-order valence-corrected chi connectivity index (χ2v) is 9.30. The number of amides is 1. The highest BCUT2D eigenvalue weighted by molar-refractivity contribution is 9.10. The zero-order valence-electron chi connectivity index (χ0n) is 14.3. The predicted molar refractivity (Wildman–Crippen MR) is 102 cm³/mol. The topological polar surface area (TPSA) is 50.7 Å². The second-order valence-electron chi connectivity index (χ2n) is 7.38. The number of aliphatic imine (C=N–C) groups is 1. The molecule has 130 valence electrons. The van der Waals surface area contributed by atoms with Gasteiger partial charge in [0.25, 0.3) is 0 Å². The van der Waals surface area contributed by atoms with Crippen molar-refractivity contribution in [3.63, 3.8) is 0 Å². The number of rotatable bonds is 1. The summed E-state index contributed by atoms with van der Waals surface area (Å²) in [6.07, 6.45) is 2.94. The van der Waals surface area contributed by atoms with Gasteiger partial charge in [-0.15, -0.1) is 0 Å². The second kappa shape index (κ2) is 6.71. The van der Waals surface area contributed by atoms with Crippen LogP contribution in [0.5, 0.6) is 0 Å². The Bertz CT molecular complexity index is 671. The van der Waals surface area contributed by atoms with E-state index in [0.29, 0.717) is 11.1 Å². The van der Waals surface area contributed by atoms with E-state index in [4.69, 9.17) is 9.73 Å². The maximum absolute atomic E-state index is 12.1. The molecule has 1 aromatic rings. The van der Waals surface area contributed by atoms with Crippen LogP contribution in [0.15, 0.2) is 33.7 Å². The van der Waals surface area contributed by atoms with Gasteiger partial charge in [-0.25, -0.2) is 4.79 Å². The number of carbonyl (C=O) groups is 1. The fraction of sp³-hybridized carbons (Fsp3) is 0.556. The maximum Gasteiger partial charge on any atom is 0.413 e. The van der Waals surface area contributed by atoms with E-state index in [1.165, 1.54) is 18.4 Å². The number of nitrogens with one attached hydrogen (secondary N) is 1. The van der Waals surface area contributed by atoms with Gasteiger partial charge in [0.2, 0.25) is 0 Å². The summed E-state index contributed by atoms with van der Waals surface area (Å²) < 4.78 is 6.42. The Morgan fingerprint density at radius 2 is 2.25 bits per heavy atom. The number of ether oxygens (including phenoxy) is 1. The number of benzene rings is 1. The molecule has 3 rings (SSSR count). The summed E-state index contributed by atoms with van der Waals surface area (Å²) in [5, 5.41) is 3.51. The molecule has 1 heterocycles. The summed E-state index contributed by atoms with van der Waals surface area (Å²) in [6.45, 7) is 5.58. The third-order valence-electron chi connectivity index (χ3n) is 4.44. The molecule has 0 radical (unpaired) electrons. The van der Waals surface area contributed by atoms with Crippen LogP contribution >= 0.6 is 27.7 Å². The van der Waals surface area contributed by atoms with Crippen LogP contribution in [0.3, 0.4) is 0 Å². The van der Waals surface area contributed by atoms with E-state index in [-0.39, 0.29) is 5.54 Å². The molecule has 0 spiro atoms. The smallest absolute Gasteiger partial charge is 0.413 e. The van der Waals surface area contributed by atoms with E-state index < -0.39 is 11.7 Å². The van der Waals surface area contributed by atoms with Crippen LogP contribution in [0.25, 0.3) is 0 Å². The van der Waals surface area contributed by atoms with E-state index in [9.17, 15) is 4.79 Å². The van der Waals surface area contributed by atoms with Gasteiger partial charge in [0, 0.05) is 10.2 Å². The van der Waals surface area contributed by atoms with E-state index in [2.05, 4.69) is 39.4 Å². The average Bonchev–Trinajstić information content (AvgIpc) is 2.89. The highest BCUT2D eigenvalue weighted by Gasteiger charge is 2.47. The molecule has 2 atom stereocenters. The Hall–Kier alpha value is -1.01. The van der Waals surface area contributed by atoms with Crippen molar-refractivity contribution in [2.24, 2.45) is 10.9 Å². The summed E-state index contributed by atoms with van der Waals surface area (Å²) in [7, 11) is 0. The summed E-state index contributed by atoms with van der Waals surface area (Å²) in [6, 6.07) is 8.39. The van der Waals surface area contributed by atoms with Crippen molar-refractivity contribution in [1.82, 2.24) is 5.32 Å². The number of thioether (sulfide) groups is 1. The summed E-state index contributed by atoms with van der Waals surface area (Å²) >= 11 is 5.19. The van der Waals surface area contributed by atoms with Crippen molar-refractivity contribution in [2.45, 2.75) is 51.2 Å². The predicted octanol–water partition coefficient (Wildman–Crippen LogP) is 5.07. The SMILES string of the molecule is CC(C)(C)OC(=O)NC1=NC2(c3cccc(Br)c3)CCCC2CS1. The van der Waals surface area contributed by atoms with Gasteiger partial charge in [-0.2, -0.15) is 0 Å². The van der Waals surface area contributed by atoms with Crippen molar-refractivity contribution in [3.8, 4) is 0 Å². The van der Waals surface area contributed by atoms with Crippen molar-refractivity contribution < 1.29 is 9.53 Å². The Balaban J connectivity index is 1.87. The van der Waals surface area contributed by atoms with Gasteiger partial charge in [0.05, 0.1) is 5.54 Å². The molecule has 6 heteroatoms. The third kappa shape index (κ3) is 3.80. The molecule has 1 aliphatic carbocycles. The molecule has 1 fully saturated rings. The molecule has 0 saturated heterocycles. The Morgan fingerprint density at radius 1 is 1.46 bits per heavy atom. The fourth-order valence-electron chi connectivity index (χ4n) is 3.48. The van der Waals surface area contributed by atoms with E-state index in [1.54, 1.807) is 11.8 Å². The first-order valence-electron chi connectivity index (χ1n) is 8.27. The van der Waals surface area contributed by atoms with Crippen LogP contribution in [0.4, 0.5) is 4.79 Å². The van der Waals surface area contributed by atoms with E-state index in [0.717, 1.165) is 16.6 Å². The minimum absolute atomic E-state index is 0.223. The lowest BCUT2D eigenvalue weighted by Crippen LogP contribution is -2.41. The van der Waals surface area contributed by atoms with Gasteiger partial charge < -0.3 is 4.74 Å². The molecule has 0 aromatic heterocycles. The maximum atomic E-state index is 12.1. The van der Waals surface area contributed by atoms with Gasteiger partial charge in [-0.1, -0.05) is 46.2 Å². The van der Waals surface area contributed by atoms with Crippen LogP contribution in [0.1, 0.15) is 45.6 Å². The molecule has 1 aromatic carbocycles. The number of nitrogens with zero attached hydrogens (tertiary/aromatic N) is 1. The molecule has 1 aliphatic heterocycles. The third-order valence-corrected chi connectivity index (χ3v) is 5.97. The summed E-state index contributed by atoms with van der Waals surface area (Å²) in [5.74, 6) is 1.49. The lowest BCUT2D eigenvalue weighted by molar-refractivity contribution is 0.0564. The Morgan fingerprint density at radius 3 is 2.96 bits per heavy atom. The number of hydrogen-bond donors (Lipinski definition) is 1. The fourth-order valence-corrected chi connectivity index (χ4v) is 5.06. The van der Waals surface area contributed by atoms with Gasteiger partial charge >= 0.3 is 6.09 Å². The van der Waals surface area contributed by atoms with Gasteiger partial charge in [-0.3, -0.25) is 10.3 Å². The van der Waals surface area contributed by atoms with Crippen LogP contribution in [-0.2, 0) is 10.3 Å². The van der Waals surface area contributed by atoms with Gasteiger partial charge in [-0.05, 0) is 57.2 Å². The average molecular weight is 411 g/mol. The number of fused-ring (bicyclic) bond motifs is 1. The molecule has 24 heavy (non-hydrogen) atoms. The molecule has 1 saturated carbocycles. The first-order chi connectivity index (χ1) is 11.3. The standard InChI is InChI=1S/C18H23BrN2O2S/c1-17(2,3)23-16(22)20-15-21-18(9-5-7-13(18)11-24-15)12-6-4-8-14(19)10-12/h4,6,8,10,13H,5,7,9,11H2,1-3H3,(H,20,21,22). The number of carbonyl (C=O) groups excluding carboxylic acids is 1. The monoisotopic (exact) mass is 410 g/mol. The largest absolute Gasteiger partial charge is 0.444 e. The Kier molecular flexibility index (Phi) is 4.98. The zero-order valence-corrected chi connectivity index (χ0v) is 16.7. The van der Waals surface area contributed by atoms with Gasteiger partial charge in [0.1, 0.15) is 5.60 Å². The molecular weight excluding hydrogens is 388 g/mol. The number of halogens is 1. The van der Waals surface area contributed by atoms with Crippen molar-refractivity contribution in [2.75, 3.05) is 5.75 Å². The quantitative estimate of drug-likeness (QED) is 0.702. The first kappa shape index (κ1) is 17.8. The molecule has 1 amide bonds. The minimum atomic E-state index is -0.512. The molecule has 2 aliphatic rings. The number of alkyl carbamates (subject to hydrolysis) is 1. The van der Waals surface area contributed by atoms with E-state index >= 15 is 0 Å². The van der Waals surface area contributed by atoms with Crippen molar-refractivity contribution in [3.05, 3.63) is 34.3 Å². The normalized spacial score (nSPS) is 26.5. The molecule has 0 bridgehead atoms. The zero-order chi connectivity index (χ0) is 17.4. The number of amidine groups is 1. The van der Waals surface area contributed by atoms with Crippen LogP contribution in [0.2, 0.25) is 0 Å². The number of hydrogen-bond acceptors (Lipinski definition) is 4. The molecule has 1 N–H and O–H groups in total. The molecule has 4 nitrogen and oxygen atoms in total. The van der Waals surface area contributed by atoms with E-state index in [1.807, 2.05) is 26.8 Å². The van der Waals surface area contributed by atoms with Crippen LogP contribution in [0, 0.1) is 5.92 Å². The van der Waals surface area contributed by atoms with Gasteiger partial charge in [0.15, 0.2) is 5.17 Å². The first-order valence-corrected chi connectivity index (χ1v) is 10.1. The minimum Gasteiger partial charge on any atom is -0.444 e. The summed E-state index contributed by atoms with van der Waals surface area (Å²) in [5.41, 5.74) is 0.490. The highest BCUT2D eigenvalue weighted by Crippen LogP contribution is 2.51. The van der Waals surface area contributed by atoms with Crippen LogP contribution in [-0.4, -0.2) is 22.6 Å². The molecular formula is C18H23BrN2O2S. The summed E-state index contributed by atoms with van der Waals surface area (Å²) in [4.78, 5) is 17.1. The van der Waals surface area contributed by atoms with Crippen molar-refractivity contribution in [1.29, 1.82) is 0 Å². The lowest BCUT2D eigenvalue weighted by atomic mass is 9.82. The highest BCUT2D eigenvalue weighted by atomic mass is 79.9. The van der Waals surface area contributed by atoms with Crippen LogP contribution < -0.4 is 5.32 Å². The van der Waals surface area contributed by atoms with Crippen molar-refractivity contribution >= 4 is 39.0 Å². The lowest BCUT2D eigenvalue weighted by Gasteiger charge is -2.36. The molecule has 2 unspecified atom stereocenters.